The molecule has 22 heavy (non-hydrogen) atoms. The van der Waals surface area contributed by atoms with E-state index in [-0.39, 0.29) is 5.56 Å². The third-order valence-corrected chi connectivity index (χ3v) is 2.87. The molecule has 0 bridgehead atoms. The van der Waals surface area contributed by atoms with E-state index in [1.165, 1.54) is 13.0 Å². The molecule has 0 aromatic heterocycles. The number of rotatable bonds is 6. The van der Waals surface area contributed by atoms with E-state index in [2.05, 4.69) is 10.1 Å². The number of carbonyl (C=O) groups excluding carboxylic acids is 2. The fourth-order valence-corrected chi connectivity index (χ4v) is 1.74. The molecule has 1 aromatic rings. The van der Waals surface area contributed by atoms with E-state index in [0.717, 1.165) is 19.2 Å². The summed E-state index contributed by atoms with van der Waals surface area (Å²) in [6, 6.07) is 2.18. The fraction of sp³-hybridized carbons (Fsp3) is 0.429. The lowest BCUT2D eigenvalue weighted by Gasteiger charge is -2.18. The molecule has 122 valence electrons. The Bertz CT molecular complexity index is 563. The highest BCUT2D eigenvalue weighted by atomic mass is 19.3. The Kier molecular flexibility index (Phi) is 5.90. The Balaban J connectivity index is 2.63. The second-order valence-electron chi connectivity index (χ2n) is 4.75. The van der Waals surface area contributed by atoms with Crippen LogP contribution in [0, 0.1) is 11.6 Å². The molecule has 1 aromatic carbocycles. The van der Waals surface area contributed by atoms with E-state index in [1.54, 1.807) is 0 Å². The van der Waals surface area contributed by atoms with Crippen LogP contribution in [-0.2, 0) is 14.3 Å². The average molecular weight is 321 g/mol. The minimum Gasteiger partial charge on any atom is -0.469 e. The molecule has 0 fully saturated rings. The summed E-state index contributed by atoms with van der Waals surface area (Å²) in [5.74, 6) is -7.86. The Labute approximate surface area is 124 Å². The molecule has 0 spiro atoms. The van der Waals surface area contributed by atoms with Crippen molar-refractivity contribution in [2.24, 2.45) is 0 Å². The van der Waals surface area contributed by atoms with Crippen molar-refractivity contribution < 1.29 is 31.9 Å². The lowest BCUT2D eigenvalue weighted by Crippen LogP contribution is -2.34. The molecule has 0 aliphatic carbocycles. The third kappa shape index (κ3) is 5.34. The number of methoxy groups -OCH3 is 1. The molecule has 0 aliphatic heterocycles. The van der Waals surface area contributed by atoms with Crippen molar-refractivity contribution in [1.29, 1.82) is 0 Å². The van der Waals surface area contributed by atoms with Gasteiger partial charge in [-0.05, 0) is 24.6 Å². The number of hydrogen-bond acceptors (Lipinski definition) is 3. The van der Waals surface area contributed by atoms with Crippen LogP contribution in [0.2, 0.25) is 0 Å². The predicted molar refractivity (Wildman–Crippen MR) is 69.1 cm³/mol. The summed E-state index contributed by atoms with van der Waals surface area (Å²) in [7, 11) is 0.962. The first kappa shape index (κ1) is 17.9. The fourth-order valence-electron chi connectivity index (χ4n) is 1.74. The standard InChI is InChI=1S/C14H15F4NO3/c1-8(9-3-4-10(15)11(16)5-9)19-12(20)6-14(17,18)7-13(21)22-2/h3-5,8H,6-7H2,1-2H3,(H,19,20)/t8-/m0/s1. The van der Waals surface area contributed by atoms with Crippen LogP contribution in [0.5, 0.6) is 0 Å². The average Bonchev–Trinajstić information content (AvgIpc) is 2.40. The van der Waals surface area contributed by atoms with E-state index < -0.39 is 48.3 Å². The van der Waals surface area contributed by atoms with Crippen molar-refractivity contribution in [2.45, 2.75) is 31.7 Å². The zero-order valence-electron chi connectivity index (χ0n) is 12.0. The van der Waals surface area contributed by atoms with Crippen molar-refractivity contribution in [1.82, 2.24) is 5.32 Å². The van der Waals surface area contributed by atoms with E-state index in [0.29, 0.717) is 0 Å². The molecule has 8 heteroatoms. The highest BCUT2D eigenvalue weighted by Crippen LogP contribution is 2.24. The lowest BCUT2D eigenvalue weighted by atomic mass is 10.1. The van der Waals surface area contributed by atoms with Crippen LogP contribution in [0.1, 0.15) is 31.4 Å². The van der Waals surface area contributed by atoms with Crippen LogP contribution in [-0.4, -0.2) is 24.9 Å². The van der Waals surface area contributed by atoms with Crippen molar-refractivity contribution in [3.63, 3.8) is 0 Å². The largest absolute Gasteiger partial charge is 0.469 e. The van der Waals surface area contributed by atoms with Gasteiger partial charge in [0.1, 0.15) is 6.42 Å². The summed E-state index contributed by atoms with van der Waals surface area (Å²) in [6.07, 6.45) is -2.42. The quantitative estimate of drug-likeness (QED) is 0.647. The SMILES string of the molecule is COC(=O)CC(F)(F)CC(=O)N[C@@H](C)c1ccc(F)c(F)c1. The number of esters is 1. The maximum Gasteiger partial charge on any atom is 0.311 e. The van der Waals surface area contributed by atoms with E-state index in [9.17, 15) is 27.2 Å². The summed E-state index contributed by atoms with van der Waals surface area (Å²) >= 11 is 0. The molecule has 1 amide bonds. The zero-order valence-corrected chi connectivity index (χ0v) is 12.0. The van der Waals surface area contributed by atoms with Gasteiger partial charge in [0.05, 0.1) is 19.6 Å². The van der Waals surface area contributed by atoms with Gasteiger partial charge in [-0.25, -0.2) is 17.6 Å². The van der Waals surface area contributed by atoms with Gasteiger partial charge >= 0.3 is 5.97 Å². The molecule has 1 atom stereocenters. The summed E-state index contributed by atoms with van der Waals surface area (Å²) in [5, 5.41) is 2.23. The number of halogens is 4. The smallest absolute Gasteiger partial charge is 0.311 e. The number of alkyl halides is 2. The highest BCUT2D eigenvalue weighted by Gasteiger charge is 2.36. The van der Waals surface area contributed by atoms with Gasteiger partial charge in [0.15, 0.2) is 11.6 Å². The molecule has 0 saturated heterocycles. The predicted octanol–water partition coefficient (Wildman–Crippen LogP) is 2.73. The van der Waals surface area contributed by atoms with Crippen LogP contribution < -0.4 is 5.32 Å². The number of carbonyl (C=O) groups is 2. The van der Waals surface area contributed by atoms with Crippen molar-refractivity contribution in [3.8, 4) is 0 Å². The summed E-state index contributed by atoms with van der Waals surface area (Å²) in [5.41, 5.74) is 0.225. The molecular formula is C14H15F4NO3. The number of nitrogens with one attached hydrogen (secondary N) is 1. The van der Waals surface area contributed by atoms with Gasteiger partial charge in [0, 0.05) is 0 Å². The number of amides is 1. The van der Waals surface area contributed by atoms with Crippen LogP contribution in [0.4, 0.5) is 17.6 Å². The Morgan fingerprint density at radius 2 is 1.86 bits per heavy atom. The van der Waals surface area contributed by atoms with Crippen molar-refractivity contribution >= 4 is 11.9 Å². The summed E-state index contributed by atoms with van der Waals surface area (Å²) in [4.78, 5) is 22.4. The van der Waals surface area contributed by atoms with Gasteiger partial charge in [0.25, 0.3) is 5.92 Å². The maximum atomic E-state index is 13.4. The van der Waals surface area contributed by atoms with Crippen LogP contribution >= 0.6 is 0 Å². The van der Waals surface area contributed by atoms with Gasteiger partial charge in [0.2, 0.25) is 5.91 Å². The van der Waals surface area contributed by atoms with Crippen molar-refractivity contribution in [3.05, 3.63) is 35.4 Å². The molecular weight excluding hydrogens is 306 g/mol. The molecule has 1 rings (SSSR count). The molecule has 0 radical (unpaired) electrons. The minimum absolute atomic E-state index is 0.225. The maximum absolute atomic E-state index is 13.4. The summed E-state index contributed by atoms with van der Waals surface area (Å²) in [6.45, 7) is 1.43. The lowest BCUT2D eigenvalue weighted by molar-refractivity contribution is -0.150. The monoisotopic (exact) mass is 321 g/mol. The second-order valence-corrected chi connectivity index (χ2v) is 4.75. The van der Waals surface area contributed by atoms with Gasteiger partial charge in [-0.2, -0.15) is 0 Å². The van der Waals surface area contributed by atoms with Crippen LogP contribution in [0.15, 0.2) is 18.2 Å². The Hall–Kier alpha value is -2.12. The molecule has 0 unspecified atom stereocenters. The first-order chi connectivity index (χ1) is 10.1. The Morgan fingerprint density at radius 1 is 1.23 bits per heavy atom. The molecule has 1 N–H and O–H groups in total. The van der Waals surface area contributed by atoms with Gasteiger partial charge in [-0.1, -0.05) is 6.07 Å². The molecule has 0 heterocycles. The number of ether oxygens (including phenoxy) is 1. The van der Waals surface area contributed by atoms with E-state index in [4.69, 9.17) is 0 Å². The molecule has 0 saturated carbocycles. The first-order valence-electron chi connectivity index (χ1n) is 6.33. The Morgan fingerprint density at radius 3 is 2.41 bits per heavy atom. The molecule has 4 nitrogen and oxygen atoms in total. The third-order valence-electron chi connectivity index (χ3n) is 2.87. The number of hydrogen-bond donors (Lipinski definition) is 1. The number of benzene rings is 1. The first-order valence-corrected chi connectivity index (χ1v) is 6.33. The second kappa shape index (κ2) is 7.24. The van der Waals surface area contributed by atoms with Gasteiger partial charge < -0.3 is 10.1 Å². The van der Waals surface area contributed by atoms with Crippen molar-refractivity contribution in [2.75, 3.05) is 7.11 Å². The van der Waals surface area contributed by atoms with E-state index >= 15 is 0 Å². The van der Waals surface area contributed by atoms with Crippen LogP contribution in [0.3, 0.4) is 0 Å². The highest BCUT2D eigenvalue weighted by molar-refractivity contribution is 5.79. The minimum atomic E-state index is -3.55. The topological polar surface area (TPSA) is 55.4 Å². The molecule has 0 aliphatic rings. The zero-order chi connectivity index (χ0) is 16.9. The summed E-state index contributed by atoms with van der Waals surface area (Å²) < 4.78 is 56.8. The van der Waals surface area contributed by atoms with Gasteiger partial charge in [-0.15, -0.1) is 0 Å². The van der Waals surface area contributed by atoms with Crippen LogP contribution in [0.25, 0.3) is 0 Å². The van der Waals surface area contributed by atoms with E-state index in [1.807, 2.05) is 0 Å². The normalized spacial score (nSPS) is 12.6. The van der Waals surface area contributed by atoms with Gasteiger partial charge in [-0.3, -0.25) is 9.59 Å².